The number of alkyl carbamates (subject to hydrolysis) is 1. The quantitative estimate of drug-likeness (QED) is 0.697. The molecule has 0 spiro atoms. The van der Waals surface area contributed by atoms with E-state index >= 15 is 0 Å². The maximum Gasteiger partial charge on any atom is 0.408 e. The number of amides is 2. The molecule has 0 bridgehead atoms. The number of nitrogens with zero attached hydrogens (tertiary/aromatic N) is 1. The van der Waals surface area contributed by atoms with Gasteiger partial charge in [0.15, 0.2) is 0 Å². The van der Waals surface area contributed by atoms with Gasteiger partial charge in [-0.05, 0) is 45.4 Å². The zero-order valence-corrected chi connectivity index (χ0v) is 16.2. The minimum absolute atomic E-state index is 0.136. The van der Waals surface area contributed by atoms with Crippen molar-refractivity contribution in [1.29, 1.82) is 0 Å². The first kappa shape index (κ1) is 21.3. The highest BCUT2D eigenvalue weighted by molar-refractivity contribution is 5.89. The van der Waals surface area contributed by atoms with Gasteiger partial charge in [0.05, 0.1) is 0 Å². The Morgan fingerprint density at radius 3 is 2.20 bits per heavy atom. The van der Waals surface area contributed by atoms with Gasteiger partial charge in [-0.3, -0.25) is 4.79 Å². The van der Waals surface area contributed by atoms with Crippen LogP contribution in [-0.2, 0) is 14.3 Å². The largest absolute Gasteiger partial charge is 0.480 e. The van der Waals surface area contributed by atoms with Crippen molar-refractivity contribution < 1.29 is 24.2 Å². The van der Waals surface area contributed by atoms with Crippen LogP contribution < -0.4 is 5.32 Å². The molecule has 7 heteroatoms. The van der Waals surface area contributed by atoms with E-state index in [1.54, 1.807) is 20.8 Å². The van der Waals surface area contributed by atoms with E-state index < -0.39 is 29.7 Å². The van der Waals surface area contributed by atoms with Crippen molar-refractivity contribution in [3.8, 4) is 0 Å². The average molecular weight is 356 g/mol. The Hall–Kier alpha value is -1.79. The number of rotatable bonds is 8. The topological polar surface area (TPSA) is 95.9 Å². The third-order valence-corrected chi connectivity index (χ3v) is 4.05. The lowest BCUT2D eigenvalue weighted by Gasteiger charge is -2.30. The van der Waals surface area contributed by atoms with Crippen molar-refractivity contribution in [1.82, 2.24) is 10.2 Å². The summed E-state index contributed by atoms with van der Waals surface area (Å²) in [6.45, 7) is 9.07. The number of hydrogen-bond donors (Lipinski definition) is 2. The summed E-state index contributed by atoms with van der Waals surface area (Å²) in [7, 11) is 1.49. The molecule has 0 radical (unpaired) electrons. The van der Waals surface area contributed by atoms with Crippen LogP contribution in [0.4, 0.5) is 4.79 Å². The maximum atomic E-state index is 12.8. The van der Waals surface area contributed by atoms with Crippen LogP contribution in [0.25, 0.3) is 0 Å². The zero-order valence-electron chi connectivity index (χ0n) is 16.2. The summed E-state index contributed by atoms with van der Waals surface area (Å²) in [6, 6.07) is -1.67. The number of nitrogens with one attached hydrogen (secondary N) is 1. The number of carboxylic acid groups (broad SMARTS) is 1. The molecule has 0 aromatic heterocycles. The van der Waals surface area contributed by atoms with Gasteiger partial charge in [0, 0.05) is 7.05 Å². The minimum atomic E-state index is -1.04. The number of ether oxygens (including phenoxy) is 1. The first-order valence-corrected chi connectivity index (χ1v) is 8.89. The summed E-state index contributed by atoms with van der Waals surface area (Å²) in [5.74, 6) is -0.888. The fourth-order valence-corrected chi connectivity index (χ4v) is 2.63. The van der Waals surface area contributed by atoms with Crippen LogP contribution in [-0.4, -0.2) is 52.7 Å². The van der Waals surface area contributed by atoms with E-state index in [-0.39, 0.29) is 11.8 Å². The molecule has 1 aliphatic carbocycles. The van der Waals surface area contributed by atoms with Gasteiger partial charge in [-0.1, -0.05) is 26.7 Å². The molecule has 0 aromatic carbocycles. The summed E-state index contributed by atoms with van der Waals surface area (Å²) in [5.41, 5.74) is -0.662. The molecule has 2 unspecified atom stereocenters. The fourth-order valence-electron chi connectivity index (χ4n) is 2.63. The van der Waals surface area contributed by atoms with Crippen molar-refractivity contribution in [2.75, 3.05) is 7.05 Å². The lowest BCUT2D eigenvalue weighted by Crippen LogP contribution is -2.53. The lowest BCUT2D eigenvalue weighted by molar-refractivity contribution is -0.150. The molecular weight excluding hydrogens is 324 g/mol. The Kier molecular flexibility index (Phi) is 7.26. The highest BCUT2D eigenvalue weighted by atomic mass is 16.6. The number of hydrogen-bond acceptors (Lipinski definition) is 4. The molecule has 25 heavy (non-hydrogen) atoms. The van der Waals surface area contributed by atoms with E-state index in [0.29, 0.717) is 18.8 Å². The number of carboxylic acids is 1. The predicted molar refractivity (Wildman–Crippen MR) is 94.1 cm³/mol. The second kappa shape index (κ2) is 8.54. The molecule has 7 nitrogen and oxygen atoms in total. The third-order valence-electron chi connectivity index (χ3n) is 4.05. The van der Waals surface area contributed by atoms with Crippen LogP contribution in [0.1, 0.15) is 60.3 Å². The molecule has 1 fully saturated rings. The second-order valence-corrected chi connectivity index (χ2v) is 8.31. The van der Waals surface area contributed by atoms with Crippen LogP contribution in [0.5, 0.6) is 0 Å². The van der Waals surface area contributed by atoms with Gasteiger partial charge in [-0.25, -0.2) is 9.59 Å². The number of likely N-dealkylation sites (N-methyl/N-ethyl adjacent to an activating group) is 1. The van der Waals surface area contributed by atoms with Gasteiger partial charge >= 0.3 is 12.1 Å². The highest BCUT2D eigenvalue weighted by Gasteiger charge is 2.36. The Morgan fingerprint density at radius 2 is 1.80 bits per heavy atom. The molecule has 1 saturated carbocycles. The highest BCUT2D eigenvalue weighted by Crippen LogP contribution is 2.34. The fraction of sp³-hybridized carbons (Fsp3) is 0.833. The summed E-state index contributed by atoms with van der Waals surface area (Å²) < 4.78 is 5.24. The second-order valence-electron chi connectivity index (χ2n) is 8.31. The van der Waals surface area contributed by atoms with E-state index in [1.807, 2.05) is 13.8 Å². The predicted octanol–water partition coefficient (Wildman–Crippen LogP) is 2.64. The van der Waals surface area contributed by atoms with Gasteiger partial charge in [0.2, 0.25) is 5.91 Å². The van der Waals surface area contributed by atoms with Crippen molar-refractivity contribution in [2.45, 2.75) is 78.0 Å². The first-order chi connectivity index (χ1) is 11.4. The Morgan fingerprint density at radius 1 is 1.24 bits per heavy atom. The molecule has 2 N–H and O–H groups in total. The van der Waals surface area contributed by atoms with E-state index in [2.05, 4.69) is 5.32 Å². The van der Waals surface area contributed by atoms with E-state index in [1.165, 1.54) is 11.9 Å². The van der Waals surface area contributed by atoms with Crippen molar-refractivity contribution in [2.24, 2.45) is 11.8 Å². The van der Waals surface area contributed by atoms with E-state index in [9.17, 15) is 19.5 Å². The minimum Gasteiger partial charge on any atom is -0.480 e. The lowest BCUT2D eigenvalue weighted by atomic mass is 10.0. The molecule has 1 aliphatic rings. The third kappa shape index (κ3) is 7.75. The van der Waals surface area contributed by atoms with Crippen LogP contribution in [0.3, 0.4) is 0 Å². The van der Waals surface area contributed by atoms with Gasteiger partial charge in [0.1, 0.15) is 17.7 Å². The van der Waals surface area contributed by atoms with Gasteiger partial charge < -0.3 is 20.1 Å². The number of carbonyl (C=O) groups excluding carboxylic acids is 2. The normalized spacial score (nSPS) is 16.9. The Labute approximate surface area is 150 Å². The molecule has 0 aromatic rings. The van der Waals surface area contributed by atoms with Gasteiger partial charge in [-0.15, -0.1) is 0 Å². The summed E-state index contributed by atoms with van der Waals surface area (Å²) in [4.78, 5) is 37.7. The molecule has 2 atom stereocenters. The van der Waals surface area contributed by atoms with Crippen LogP contribution >= 0.6 is 0 Å². The molecule has 2 amide bonds. The monoisotopic (exact) mass is 356 g/mol. The van der Waals surface area contributed by atoms with Crippen LogP contribution in [0, 0.1) is 11.8 Å². The maximum absolute atomic E-state index is 12.8. The van der Waals surface area contributed by atoms with Gasteiger partial charge in [-0.2, -0.15) is 0 Å². The smallest absolute Gasteiger partial charge is 0.408 e. The van der Waals surface area contributed by atoms with Crippen molar-refractivity contribution >= 4 is 18.0 Å². The van der Waals surface area contributed by atoms with E-state index in [0.717, 1.165) is 12.8 Å². The Balaban J connectivity index is 2.83. The standard InChI is InChI=1S/C18H32N2O5/c1-11(2)9-14(16(22)23)20(6)15(21)13(10-12-7-8-12)19-17(24)25-18(3,4)5/h11-14H,7-10H2,1-6H3,(H,19,24)(H,22,23). The van der Waals surface area contributed by atoms with Crippen molar-refractivity contribution in [3.63, 3.8) is 0 Å². The molecule has 0 aliphatic heterocycles. The van der Waals surface area contributed by atoms with Gasteiger partial charge in [0.25, 0.3) is 0 Å². The summed E-state index contributed by atoms with van der Waals surface area (Å²) in [6.07, 6.45) is 2.27. The van der Waals surface area contributed by atoms with Crippen molar-refractivity contribution in [3.05, 3.63) is 0 Å². The zero-order chi connectivity index (χ0) is 19.4. The molecular formula is C18H32N2O5. The SMILES string of the molecule is CC(C)CC(C(=O)O)N(C)C(=O)C(CC1CC1)NC(=O)OC(C)(C)C. The first-order valence-electron chi connectivity index (χ1n) is 8.89. The number of aliphatic carboxylic acids is 1. The van der Waals surface area contributed by atoms with Crippen LogP contribution in [0.2, 0.25) is 0 Å². The summed E-state index contributed by atoms with van der Waals surface area (Å²) >= 11 is 0. The summed E-state index contributed by atoms with van der Waals surface area (Å²) in [5, 5.41) is 12.1. The molecule has 0 heterocycles. The van der Waals surface area contributed by atoms with E-state index in [4.69, 9.17) is 4.74 Å². The number of carbonyl (C=O) groups is 3. The average Bonchev–Trinajstić information content (AvgIpc) is 3.24. The molecule has 1 rings (SSSR count). The molecule has 0 saturated heterocycles. The molecule has 144 valence electrons. The Bertz CT molecular complexity index is 494. The van der Waals surface area contributed by atoms with Crippen LogP contribution in [0.15, 0.2) is 0 Å².